The summed E-state index contributed by atoms with van der Waals surface area (Å²) in [6, 6.07) is 10.6. The summed E-state index contributed by atoms with van der Waals surface area (Å²) in [6.45, 7) is 1.86. The largest absolute Gasteiger partial charge is 0.398 e. The molecule has 0 spiro atoms. The fourth-order valence-corrected chi connectivity index (χ4v) is 2.10. The highest BCUT2D eigenvalue weighted by atomic mass is 79.9. The number of carbonyl (C=O) groups is 1. The van der Waals surface area contributed by atoms with E-state index >= 15 is 0 Å². The number of hydrogen-bond donors (Lipinski definition) is 2. The van der Waals surface area contributed by atoms with Gasteiger partial charge in [0.2, 0.25) is 0 Å². The van der Waals surface area contributed by atoms with E-state index in [-0.39, 0.29) is 5.91 Å². The first-order valence-electron chi connectivity index (χ1n) is 5.60. The van der Waals surface area contributed by atoms with Crippen LogP contribution in [0.4, 0.5) is 11.4 Å². The number of rotatable bonds is 2. The van der Waals surface area contributed by atoms with Gasteiger partial charge < -0.3 is 11.1 Å². The van der Waals surface area contributed by atoms with Crippen LogP contribution < -0.4 is 11.1 Å². The lowest BCUT2D eigenvalue weighted by Crippen LogP contribution is -2.13. The minimum Gasteiger partial charge on any atom is -0.398 e. The van der Waals surface area contributed by atoms with Crippen molar-refractivity contribution in [1.29, 1.82) is 0 Å². The summed E-state index contributed by atoms with van der Waals surface area (Å²) in [5, 5.41) is 3.23. The van der Waals surface area contributed by atoms with Gasteiger partial charge in [0.1, 0.15) is 0 Å². The lowest BCUT2D eigenvalue weighted by atomic mass is 10.1. The number of benzene rings is 2. The van der Waals surface area contributed by atoms with Crippen LogP contribution in [0.1, 0.15) is 15.9 Å². The third kappa shape index (κ3) is 3.08. The zero-order chi connectivity index (χ0) is 14.0. The zero-order valence-electron chi connectivity index (χ0n) is 10.2. The number of nitrogens with one attached hydrogen (secondary N) is 1. The Morgan fingerprint density at radius 1 is 1.32 bits per heavy atom. The minimum atomic E-state index is -0.254. The first kappa shape index (κ1) is 13.9. The summed E-state index contributed by atoms with van der Waals surface area (Å²) in [6.07, 6.45) is 0. The van der Waals surface area contributed by atoms with Crippen LogP contribution in [-0.4, -0.2) is 5.91 Å². The SMILES string of the molecule is Cc1cccc(C(=O)Nc2ccc(Br)c(N)c2)c1Cl. The van der Waals surface area contributed by atoms with Crippen molar-refractivity contribution in [3.63, 3.8) is 0 Å². The predicted octanol–water partition coefficient (Wildman–Crippen LogP) is 4.25. The minimum absolute atomic E-state index is 0.254. The van der Waals surface area contributed by atoms with E-state index in [1.165, 1.54) is 0 Å². The molecule has 2 aromatic carbocycles. The maximum Gasteiger partial charge on any atom is 0.257 e. The monoisotopic (exact) mass is 338 g/mol. The Labute approximate surface area is 124 Å². The van der Waals surface area contributed by atoms with E-state index in [1.54, 1.807) is 30.3 Å². The molecule has 3 N–H and O–H groups in total. The van der Waals surface area contributed by atoms with E-state index in [9.17, 15) is 4.79 Å². The quantitative estimate of drug-likeness (QED) is 0.804. The summed E-state index contributed by atoms with van der Waals surface area (Å²) in [7, 11) is 0. The fourth-order valence-electron chi connectivity index (χ4n) is 1.64. The molecule has 0 heterocycles. The number of nitrogens with two attached hydrogens (primary N) is 1. The normalized spacial score (nSPS) is 10.3. The van der Waals surface area contributed by atoms with Crippen molar-refractivity contribution in [1.82, 2.24) is 0 Å². The van der Waals surface area contributed by atoms with Gasteiger partial charge >= 0.3 is 0 Å². The van der Waals surface area contributed by atoms with Crippen molar-refractivity contribution in [2.24, 2.45) is 0 Å². The van der Waals surface area contributed by atoms with Gasteiger partial charge in [-0.15, -0.1) is 0 Å². The lowest BCUT2D eigenvalue weighted by Gasteiger charge is -2.09. The van der Waals surface area contributed by atoms with E-state index in [4.69, 9.17) is 17.3 Å². The Balaban J connectivity index is 2.26. The molecule has 0 bridgehead atoms. The van der Waals surface area contributed by atoms with Gasteiger partial charge in [-0.2, -0.15) is 0 Å². The third-order valence-electron chi connectivity index (χ3n) is 2.69. The van der Waals surface area contributed by atoms with Gasteiger partial charge in [0.05, 0.1) is 10.6 Å². The van der Waals surface area contributed by atoms with Crippen LogP contribution in [0.3, 0.4) is 0 Å². The Morgan fingerprint density at radius 3 is 2.74 bits per heavy atom. The predicted molar refractivity (Wildman–Crippen MR) is 82.7 cm³/mol. The molecule has 0 saturated carbocycles. The van der Waals surface area contributed by atoms with Crippen LogP contribution in [0.5, 0.6) is 0 Å². The van der Waals surface area contributed by atoms with Crippen molar-refractivity contribution in [3.8, 4) is 0 Å². The first-order valence-corrected chi connectivity index (χ1v) is 6.77. The number of amides is 1. The van der Waals surface area contributed by atoms with Gasteiger partial charge in [-0.1, -0.05) is 23.7 Å². The Kier molecular flexibility index (Phi) is 4.12. The number of aryl methyl sites for hydroxylation is 1. The van der Waals surface area contributed by atoms with Crippen molar-refractivity contribution < 1.29 is 4.79 Å². The Morgan fingerprint density at radius 2 is 2.05 bits per heavy atom. The van der Waals surface area contributed by atoms with Gasteiger partial charge in [-0.25, -0.2) is 0 Å². The van der Waals surface area contributed by atoms with Crippen LogP contribution in [-0.2, 0) is 0 Å². The summed E-state index contributed by atoms with van der Waals surface area (Å²) < 4.78 is 0.791. The summed E-state index contributed by atoms with van der Waals surface area (Å²) in [4.78, 5) is 12.1. The van der Waals surface area contributed by atoms with Gasteiger partial charge in [0, 0.05) is 15.8 Å². The number of hydrogen-bond acceptors (Lipinski definition) is 2. The van der Waals surface area contributed by atoms with E-state index in [0.717, 1.165) is 10.0 Å². The van der Waals surface area contributed by atoms with E-state index in [0.29, 0.717) is 22.0 Å². The third-order valence-corrected chi connectivity index (χ3v) is 3.91. The molecule has 0 radical (unpaired) electrons. The van der Waals surface area contributed by atoms with Gasteiger partial charge in [0.25, 0.3) is 5.91 Å². The Bertz CT molecular complexity index is 643. The van der Waals surface area contributed by atoms with Crippen molar-refractivity contribution in [2.45, 2.75) is 6.92 Å². The number of nitrogen functional groups attached to an aromatic ring is 1. The molecule has 2 aromatic rings. The van der Waals surface area contributed by atoms with Crippen LogP contribution in [0.25, 0.3) is 0 Å². The van der Waals surface area contributed by atoms with Crippen LogP contribution in [0.2, 0.25) is 5.02 Å². The molecule has 0 aliphatic carbocycles. The van der Waals surface area contributed by atoms with Crippen LogP contribution in [0, 0.1) is 6.92 Å². The molecule has 0 atom stereocenters. The molecule has 0 saturated heterocycles. The summed E-state index contributed by atoms with van der Waals surface area (Å²) in [5.41, 5.74) is 8.27. The fraction of sp³-hybridized carbons (Fsp3) is 0.0714. The lowest BCUT2D eigenvalue weighted by molar-refractivity contribution is 0.102. The molecule has 0 aliphatic heterocycles. The Hall–Kier alpha value is -1.52. The van der Waals surface area contributed by atoms with Crippen LogP contribution >= 0.6 is 27.5 Å². The van der Waals surface area contributed by atoms with Gasteiger partial charge in [0.15, 0.2) is 0 Å². The average molecular weight is 340 g/mol. The van der Waals surface area contributed by atoms with E-state index in [1.807, 2.05) is 13.0 Å². The molecular weight excluding hydrogens is 328 g/mol. The number of anilines is 2. The molecule has 0 unspecified atom stereocenters. The molecule has 5 heteroatoms. The molecule has 1 amide bonds. The molecule has 0 aromatic heterocycles. The molecule has 98 valence electrons. The van der Waals surface area contributed by atoms with Gasteiger partial charge in [-0.3, -0.25) is 4.79 Å². The second-order valence-corrected chi connectivity index (χ2v) is 5.36. The maximum atomic E-state index is 12.1. The second-order valence-electron chi connectivity index (χ2n) is 4.13. The molecule has 19 heavy (non-hydrogen) atoms. The van der Waals surface area contributed by atoms with Crippen molar-refractivity contribution in [2.75, 3.05) is 11.1 Å². The van der Waals surface area contributed by atoms with E-state index in [2.05, 4.69) is 21.2 Å². The molecule has 0 fully saturated rings. The smallest absolute Gasteiger partial charge is 0.257 e. The highest BCUT2D eigenvalue weighted by Crippen LogP contribution is 2.25. The highest BCUT2D eigenvalue weighted by molar-refractivity contribution is 9.10. The van der Waals surface area contributed by atoms with Gasteiger partial charge in [-0.05, 0) is 52.7 Å². The zero-order valence-corrected chi connectivity index (χ0v) is 12.5. The number of carbonyl (C=O) groups excluding carboxylic acids is 1. The summed E-state index contributed by atoms with van der Waals surface area (Å²) >= 11 is 9.42. The van der Waals surface area contributed by atoms with E-state index < -0.39 is 0 Å². The van der Waals surface area contributed by atoms with Crippen molar-refractivity contribution >= 4 is 44.8 Å². The molecule has 3 nitrogen and oxygen atoms in total. The second kappa shape index (κ2) is 5.63. The molecule has 0 aliphatic rings. The standard InChI is InChI=1S/C14H12BrClN2O/c1-8-3-2-4-10(13(8)16)14(19)18-9-5-6-11(15)12(17)7-9/h2-7H,17H2,1H3,(H,18,19). The topological polar surface area (TPSA) is 55.1 Å². The molecule has 2 rings (SSSR count). The first-order chi connectivity index (χ1) is 8.99. The summed E-state index contributed by atoms with van der Waals surface area (Å²) in [5.74, 6) is -0.254. The number of halogens is 2. The van der Waals surface area contributed by atoms with Crippen molar-refractivity contribution in [3.05, 3.63) is 57.0 Å². The average Bonchev–Trinajstić information content (AvgIpc) is 2.37. The maximum absolute atomic E-state index is 12.1. The highest BCUT2D eigenvalue weighted by Gasteiger charge is 2.12. The molecular formula is C14H12BrClN2O. The van der Waals surface area contributed by atoms with Crippen LogP contribution in [0.15, 0.2) is 40.9 Å².